The SMILES string of the molecule is O=C(Nc1c(Cl)cccc1Cl)NC(C(F)(F)F)C(F)(F)F. The first-order valence-corrected chi connectivity index (χ1v) is 5.83. The number of hydrogen-bond acceptors (Lipinski definition) is 1. The van der Waals surface area contributed by atoms with E-state index in [1.54, 1.807) is 5.32 Å². The number of halogens is 8. The second-order valence-corrected chi connectivity index (χ2v) is 4.53. The van der Waals surface area contributed by atoms with Gasteiger partial charge in [-0.1, -0.05) is 29.3 Å². The van der Waals surface area contributed by atoms with E-state index in [1.165, 1.54) is 18.2 Å². The minimum Gasteiger partial charge on any atom is -0.318 e. The molecule has 0 bridgehead atoms. The van der Waals surface area contributed by atoms with Crippen molar-refractivity contribution in [2.75, 3.05) is 5.32 Å². The summed E-state index contributed by atoms with van der Waals surface area (Å²) < 4.78 is 73.6. The molecule has 21 heavy (non-hydrogen) atoms. The normalized spacial score (nSPS) is 12.4. The predicted octanol–water partition coefficient (Wildman–Crippen LogP) is 4.61. The summed E-state index contributed by atoms with van der Waals surface area (Å²) in [6, 6.07) is -1.89. The third kappa shape index (κ3) is 4.85. The molecule has 0 fully saturated rings. The number of nitrogens with one attached hydrogen (secondary N) is 2. The summed E-state index contributed by atoms with van der Waals surface area (Å²) in [5.74, 6) is 0. The van der Waals surface area contributed by atoms with Gasteiger partial charge >= 0.3 is 18.4 Å². The molecule has 11 heteroatoms. The molecule has 0 aliphatic rings. The van der Waals surface area contributed by atoms with Crippen LogP contribution in [0.3, 0.4) is 0 Å². The maximum atomic E-state index is 12.3. The fraction of sp³-hybridized carbons (Fsp3) is 0.300. The van der Waals surface area contributed by atoms with Crippen molar-refractivity contribution in [1.29, 1.82) is 0 Å². The molecule has 0 aliphatic carbocycles. The summed E-state index contributed by atoms with van der Waals surface area (Å²) in [7, 11) is 0. The molecule has 0 aromatic heterocycles. The summed E-state index contributed by atoms with van der Waals surface area (Å²) in [6.45, 7) is 0. The van der Waals surface area contributed by atoms with Crippen molar-refractivity contribution in [1.82, 2.24) is 5.32 Å². The Morgan fingerprint density at radius 1 is 1.00 bits per heavy atom. The first kappa shape index (κ1) is 17.7. The number of para-hydroxylation sites is 1. The van der Waals surface area contributed by atoms with Gasteiger partial charge < -0.3 is 10.6 Å². The number of benzene rings is 1. The lowest BCUT2D eigenvalue weighted by atomic mass is 10.3. The van der Waals surface area contributed by atoms with Crippen LogP contribution in [0, 0.1) is 0 Å². The van der Waals surface area contributed by atoms with Crippen molar-refractivity contribution < 1.29 is 31.1 Å². The Hall–Kier alpha value is -1.35. The summed E-state index contributed by atoms with van der Waals surface area (Å²) in [5.41, 5.74) is -0.304. The quantitative estimate of drug-likeness (QED) is 0.748. The Morgan fingerprint density at radius 2 is 1.43 bits per heavy atom. The number of alkyl halides is 6. The maximum absolute atomic E-state index is 12.3. The molecular weight excluding hydrogens is 349 g/mol. The van der Waals surface area contributed by atoms with E-state index in [4.69, 9.17) is 23.2 Å². The average Bonchev–Trinajstić information content (AvgIpc) is 2.28. The lowest BCUT2D eigenvalue weighted by Crippen LogP contribution is -2.55. The second kappa shape index (κ2) is 6.18. The number of urea groups is 1. The highest BCUT2D eigenvalue weighted by molar-refractivity contribution is 6.39. The lowest BCUT2D eigenvalue weighted by Gasteiger charge is -2.24. The van der Waals surface area contributed by atoms with Crippen LogP contribution in [-0.4, -0.2) is 24.4 Å². The van der Waals surface area contributed by atoms with Crippen molar-refractivity contribution >= 4 is 34.9 Å². The predicted molar refractivity (Wildman–Crippen MR) is 64.5 cm³/mol. The van der Waals surface area contributed by atoms with Gasteiger partial charge in [0.15, 0.2) is 0 Å². The minimum absolute atomic E-state index is 0.145. The molecule has 0 unspecified atom stereocenters. The zero-order valence-corrected chi connectivity index (χ0v) is 11.3. The molecule has 3 nitrogen and oxygen atoms in total. The van der Waals surface area contributed by atoms with Crippen LogP contribution in [0.25, 0.3) is 0 Å². The van der Waals surface area contributed by atoms with E-state index >= 15 is 0 Å². The molecule has 2 amide bonds. The number of carbonyl (C=O) groups is 1. The van der Waals surface area contributed by atoms with E-state index in [9.17, 15) is 31.1 Å². The molecule has 0 saturated carbocycles. The molecule has 0 spiro atoms. The minimum atomic E-state index is -5.69. The number of amides is 2. The van der Waals surface area contributed by atoms with E-state index < -0.39 is 24.4 Å². The Balaban J connectivity index is 2.90. The van der Waals surface area contributed by atoms with Gasteiger partial charge in [0.05, 0.1) is 15.7 Å². The molecule has 0 saturated heterocycles. The highest BCUT2D eigenvalue weighted by Crippen LogP contribution is 2.34. The number of carbonyl (C=O) groups excluding carboxylic acids is 1. The first-order chi connectivity index (χ1) is 9.43. The van der Waals surface area contributed by atoms with Crippen molar-refractivity contribution in [3.63, 3.8) is 0 Å². The Bertz CT molecular complexity index is 497. The van der Waals surface area contributed by atoms with Gasteiger partial charge in [0.25, 0.3) is 0 Å². The smallest absolute Gasteiger partial charge is 0.318 e. The highest BCUT2D eigenvalue weighted by Gasteiger charge is 2.57. The van der Waals surface area contributed by atoms with Gasteiger partial charge in [-0.05, 0) is 12.1 Å². The molecule has 118 valence electrons. The maximum Gasteiger partial charge on any atom is 0.417 e. The van der Waals surface area contributed by atoms with Gasteiger partial charge in [-0.15, -0.1) is 0 Å². The zero-order valence-electron chi connectivity index (χ0n) is 9.74. The third-order valence-corrected chi connectivity index (χ3v) is 2.76. The van der Waals surface area contributed by atoms with Gasteiger partial charge in [-0.2, -0.15) is 26.3 Å². The molecule has 0 aliphatic heterocycles. The topological polar surface area (TPSA) is 41.1 Å². The average molecular weight is 355 g/mol. The Kier molecular flexibility index (Phi) is 5.21. The molecule has 1 rings (SSSR count). The van der Waals surface area contributed by atoms with Gasteiger partial charge in [-0.3, -0.25) is 0 Å². The Labute approximate surface area is 124 Å². The molecular formula is C10H6Cl2F6N2O. The van der Waals surface area contributed by atoms with Crippen LogP contribution in [0.2, 0.25) is 10.0 Å². The standard InChI is InChI=1S/C10H6Cl2F6N2O/c11-4-2-1-3-5(12)6(4)19-8(21)20-7(9(13,14)15)10(16,17)18/h1-3,7H,(H2,19,20,21). The van der Waals surface area contributed by atoms with Crippen LogP contribution >= 0.6 is 23.2 Å². The van der Waals surface area contributed by atoms with E-state index in [2.05, 4.69) is 0 Å². The zero-order chi connectivity index (χ0) is 16.4. The van der Waals surface area contributed by atoms with Crippen LogP contribution in [-0.2, 0) is 0 Å². The molecule has 1 aromatic carbocycles. The molecule has 2 N–H and O–H groups in total. The summed E-state index contributed by atoms with van der Waals surface area (Å²) in [5, 5.41) is 2.23. The van der Waals surface area contributed by atoms with E-state index in [0.29, 0.717) is 0 Å². The van der Waals surface area contributed by atoms with E-state index in [1.807, 2.05) is 0 Å². The van der Waals surface area contributed by atoms with Crippen molar-refractivity contribution in [2.45, 2.75) is 18.4 Å². The van der Waals surface area contributed by atoms with Crippen LogP contribution in [0.15, 0.2) is 18.2 Å². The number of rotatable bonds is 2. The fourth-order valence-electron chi connectivity index (χ4n) is 1.25. The van der Waals surface area contributed by atoms with Crippen molar-refractivity contribution in [3.8, 4) is 0 Å². The van der Waals surface area contributed by atoms with Crippen LogP contribution in [0.5, 0.6) is 0 Å². The van der Waals surface area contributed by atoms with Gasteiger partial charge in [-0.25, -0.2) is 4.79 Å². The molecule has 1 aromatic rings. The largest absolute Gasteiger partial charge is 0.417 e. The van der Waals surface area contributed by atoms with Crippen LogP contribution in [0.4, 0.5) is 36.8 Å². The van der Waals surface area contributed by atoms with Gasteiger partial charge in [0.2, 0.25) is 6.04 Å². The number of hydrogen-bond donors (Lipinski definition) is 2. The number of anilines is 1. The molecule has 0 radical (unpaired) electrons. The van der Waals surface area contributed by atoms with E-state index in [-0.39, 0.29) is 15.7 Å². The summed E-state index contributed by atoms with van der Waals surface area (Å²) >= 11 is 11.2. The highest BCUT2D eigenvalue weighted by atomic mass is 35.5. The Morgan fingerprint density at radius 3 is 1.81 bits per heavy atom. The first-order valence-electron chi connectivity index (χ1n) is 5.08. The fourth-order valence-corrected chi connectivity index (χ4v) is 1.74. The second-order valence-electron chi connectivity index (χ2n) is 3.71. The lowest BCUT2D eigenvalue weighted by molar-refractivity contribution is -0.255. The monoisotopic (exact) mass is 354 g/mol. The van der Waals surface area contributed by atoms with Crippen molar-refractivity contribution in [3.05, 3.63) is 28.2 Å². The van der Waals surface area contributed by atoms with Crippen LogP contribution in [0.1, 0.15) is 0 Å². The van der Waals surface area contributed by atoms with E-state index in [0.717, 1.165) is 5.32 Å². The van der Waals surface area contributed by atoms with Gasteiger partial charge in [0.1, 0.15) is 0 Å². The van der Waals surface area contributed by atoms with Crippen LogP contribution < -0.4 is 10.6 Å². The molecule has 0 heterocycles. The summed E-state index contributed by atoms with van der Waals surface area (Å²) in [6.07, 6.45) is -11.4. The third-order valence-electron chi connectivity index (χ3n) is 2.13. The molecule has 0 atom stereocenters. The summed E-state index contributed by atoms with van der Waals surface area (Å²) in [4.78, 5) is 11.3. The van der Waals surface area contributed by atoms with Gasteiger partial charge in [0, 0.05) is 0 Å². The van der Waals surface area contributed by atoms with Crippen molar-refractivity contribution in [2.24, 2.45) is 0 Å².